The normalized spacial score (nSPS) is 36.8. The van der Waals surface area contributed by atoms with Crippen LogP contribution in [0.4, 0.5) is 0 Å². The highest BCUT2D eigenvalue weighted by atomic mass is 15.2. The fourth-order valence-corrected chi connectivity index (χ4v) is 3.58. The lowest BCUT2D eigenvalue weighted by Gasteiger charge is -2.34. The van der Waals surface area contributed by atoms with Crippen molar-refractivity contribution < 1.29 is 0 Å². The van der Waals surface area contributed by atoms with Gasteiger partial charge in [0.1, 0.15) is 0 Å². The van der Waals surface area contributed by atoms with Gasteiger partial charge in [-0.1, -0.05) is 12.8 Å². The lowest BCUT2D eigenvalue weighted by Crippen LogP contribution is -2.40. The molecule has 1 N–H and O–H groups in total. The first-order valence-electron chi connectivity index (χ1n) is 7.22. The fourth-order valence-electron chi connectivity index (χ4n) is 3.58. The van der Waals surface area contributed by atoms with Gasteiger partial charge in [-0.25, -0.2) is 0 Å². The lowest BCUT2D eigenvalue weighted by molar-refractivity contribution is 0.148. The standard InChI is InChI=1S/C14H28N2/c1-12-6-3-4-10-16(12)11-9-13-7-5-8-14(13)15-2/h12-15H,3-11H2,1-2H3. The quantitative estimate of drug-likeness (QED) is 0.790. The van der Waals surface area contributed by atoms with E-state index < -0.39 is 0 Å². The number of hydrogen-bond acceptors (Lipinski definition) is 2. The molecule has 1 saturated carbocycles. The van der Waals surface area contributed by atoms with E-state index in [1.54, 1.807) is 0 Å². The molecular weight excluding hydrogens is 196 g/mol. The van der Waals surface area contributed by atoms with Gasteiger partial charge in [-0.2, -0.15) is 0 Å². The van der Waals surface area contributed by atoms with Crippen molar-refractivity contribution in [3.05, 3.63) is 0 Å². The van der Waals surface area contributed by atoms with Gasteiger partial charge in [0, 0.05) is 12.1 Å². The molecule has 0 radical (unpaired) electrons. The average Bonchev–Trinajstić information content (AvgIpc) is 2.75. The van der Waals surface area contributed by atoms with Crippen LogP contribution in [0, 0.1) is 5.92 Å². The summed E-state index contributed by atoms with van der Waals surface area (Å²) in [4.78, 5) is 2.72. The molecule has 2 nitrogen and oxygen atoms in total. The van der Waals surface area contributed by atoms with Gasteiger partial charge in [0.25, 0.3) is 0 Å². The molecular formula is C14H28N2. The smallest absolute Gasteiger partial charge is 0.00928 e. The van der Waals surface area contributed by atoms with Crippen molar-refractivity contribution in [3.63, 3.8) is 0 Å². The van der Waals surface area contributed by atoms with Crippen LogP contribution in [0.25, 0.3) is 0 Å². The number of nitrogens with zero attached hydrogens (tertiary/aromatic N) is 1. The molecule has 94 valence electrons. The molecule has 0 spiro atoms. The van der Waals surface area contributed by atoms with E-state index in [0.717, 1.165) is 18.0 Å². The molecule has 0 aromatic carbocycles. The van der Waals surface area contributed by atoms with Gasteiger partial charge in [0.2, 0.25) is 0 Å². The summed E-state index contributed by atoms with van der Waals surface area (Å²) in [6.07, 6.45) is 9.98. The Kier molecular flexibility index (Phi) is 4.66. The zero-order valence-corrected chi connectivity index (χ0v) is 11.0. The highest BCUT2D eigenvalue weighted by molar-refractivity contribution is 4.83. The summed E-state index contributed by atoms with van der Waals surface area (Å²) in [5.74, 6) is 0.944. The monoisotopic (exact) mass is 224 g/mol. The number of hydrogen-bond donors (Lipinski definition) is 1. The predicted molar refractivity (Wildman–Crippen MR) is 69.7 cm³/mol. The molecule has 16 heavy (non-hydrogen) atoms. The van der Waals surface area contributed by atoms with E-state index >= 15 is 0 Å². The van der Waals surface area contributed by atoms with Gasteiger partial charge in [0.05, 0.1) is 0 Å². The van der Waals surface area contributed by atoms with Gasteiger partial charge >= 0.3 is 0 Å². The minimum atomic E-state index is 0.806. The second-order valence-corrected chi connectivity index (χ2v) is 5.76. The van der Waals surface area contributed by atoms with Gasteiger partial charge < -0.3 is 10.2 Å². The Morgan fingerprint density at radius 2 is 2.00 bits per heavy atom. The highest BCUT2D eigenvalue weighted by Crippen LogP contribution is 2.29. The number of likely N-dealkylation sites (tertiary alicyclic amines) is 1. The van der Waals surface area contributed by atoms with E-state index in [1.807, 2.05) is 0 Å². The third-order valence-corrected chi connectivity index (χ3v) is 4.76. The van der Waals surface area contributed by atoms with E-state index in [2.05, 4.69) is 24.2 Å². The average molecular weight is 224 g/mol. The Bertz CT molecular complexity index is 203. The molecule has 0 aromatic heterocycles. The molecule has 2 aliphatic rings. The molecule has 3 atom stereocenters. The fraction of sp³-hybridized carbons (Fsp3) is 1.00. The van der Waals surface area contributed by atoms with Crippen LogP contribution in [0.15, 0.2) is 0 Å². The van der Waals surface area contributed by atoms with Crippen LogP contribution in [0.1, 0.15) is 51.9 Å². The Balaban J connectivity index is 1.73. The first-order chi connectivity index (χ1) is 7.81. The summed E-state index contributed by atoms with van der Waals surface area (Å²) < 4.78 is 0. The molecule has 0 amide bonds. The van der Waals surface area contributed by atoms with Crippen LogP contribution < -0.4 is 5.32 Å². The van der Waals surface area contributed by atoms with Crippen LogP contribution in [0.3, 0.4) is 0 Å². The molecule has 3 unspecified atom stereocenters. The van der Waals surface area contributed by atoms with Gasteiger partial charge in [0.15, 0.2) is 0 Å². The van der Waals surface area contributed by atoms with Crippen molar-refractivity contribution in [2.75, 3.05) is 20.1 Å². The third kappa shape index (κ3) is 2.98. The zero-order valence-electron chi connectivity index (χ0n) is 11.0. The third-order valence-electron chi connectivity index (χ3n) is 4.76. The molecule has 2 fully saturated rings. The lowest BCUT2D eigenvalue weighted by atomic mass is 9.97. The van der Waals surface area contributed by atoms with Crippen LogP contribution in [-0.4, -0.2) is 37.1 Å². The van der Waals surface area contributed by atoms with Gasteiger partial charge in [-0.05, 0) is 65.1 Å². The maximum atomic E-state index is 3.49. The van der Waals surface area contributed by atoms with E-state index in [-0.39, 0.29) is 0 Å². The molecule has 0 aromatic rings. The summed E-state index contributed by atoms with van der Waals surface area (Å²) in [5.41, 5.74) is 0. The molecule has 2 heteroatoms. The number of nitrogens with one attached hydrogen (secondary N) is 1. The van der Waals surface area contributed by atoms with Crippen molar-refractivity contribution in [2.24, 2.45) is 5.92 Å². The Morgan fingerprint density at radius 3 is 2.75 bits per heavy atom. The Labute approximate surface area is 101 Å². The highest BCUT2D eigenvalue weighted by Gasteiger charge is 2.27. The van der Waals surface area contributed by atoms with Crippen molar-refractivity contribution in [3.8, 4) is 0 Å². The molecule has 2 rings (SSSR count). The Hall–Kier alpha value is -0.0800. The van der Waals surface area contributed by atoms with Crippen molar-refractivity contribution in [1.82, 2.24) is 10.2 Å². The summed E-state index contributed by atoms with van der Waals surface area (Å²) >= 11 is 0. The molecule has 1 saturated heterocycles. The predicted octanol–water partition coefficient (Wildman–Crippen LogP) is 2.64. The summed E-state index contributed by atoms with van der Waals surface area (Å²) in [5, 5.41) is 3.49. The molecule has 1 aliphatic carbocycles. The molecule has 1 aliphatic heterocycles. The molecule has 0 bridgehead atoms. The van der Waals surface area contributed by atoms with Crippen molar-refractivity contribution in [1.29, 1.82) is 0 Å². The maximum absolute atomic E-state index is 3.49. The van der Waals surface area contributed by atoms with Crippen LogP contribution in [-0.2, 0) is 0 Å². The summed E-state index contributed by atoms with van der Waals surface area (Å²) in [7, 11) is 2.13. The van der Waals surface area contributed by atoms with Crippen LogP contribution in [0.2, 0.25) is 0 Å². The number of rotatable bonds is 4. The number of piperidine rings is 1. The largest absolute Gasteiger partial charge is 0.317 e. The van der Waals surface area contributed by atoms with E-state index in [4.69, 9.17) is 0 Å². The van der Waals surface area contributed by atoms with Crippen LogP contribution >= 0.6 is 0 Å². The summed E-state index contributed by atoms with van der Waals surface area (Å²) in [6, 6.07) is 1.64. The van der Waals surface area contributed by atoms with E-state index in [1.165, 1.54) is 58.0 Å². The van der Waals surface area contributed by atoms with E-state index in [0.29, 0.717) is 0 Å². The van der Waals surface area contributed by atoms with Gasteiger partial charge in [-0.3, -0.25) is 0 Å². The second-order valence-electron chi connectivity index (χ2n) is 5.76. The SMILES string of the molecule is CNC1CCCC1CCN1CCCCC1C. The first-order valence-corrected chi connectivity index (χ1v) is 7.22. The Morgan fingerprint density at radius 1 is 1.12 bits per heavy atom. The second kappa shape index (κ2) is 6.02. The minimum absolute atomic E-state index is 0.806. The van der Waals surface area contributed by atoms with E-state index in [9.17, 15) is 0 Å². The minimum Gasteiger partial charge on any atom is -0.317 e. The van der Waals surface area contributed by atoms with Crippen molar-refractivity contribution in [2.45, 2.75) is 64.0 Å². The summed E-state index contributed by atoms with van der Waals surface area (Å²) in [6.45, 7) is 5.09. The first kappa shape index (κ1) is 12.4. The zero-order chi connectivity index (χ0) is 11.4. The molecule has 1 heterocycles. The van der Waals surface area contributed by atoms with Crippen molar-refractivity contribution >= 4 is 0 Å². The van der Waals surface area contributed by atoms with Crippen LogP contribution in [0.5, 0.6) is 0 Å². The topological polar surface area (TPSA) is 15.3 Å². The van der Waals surface area contributed by atoms with Gasteiger partial charge in [-0.15, -0.1) is 0 Å². The maximum Gasteiger partial charge on any atom is 0.00928 e.